The Balaban J connectivity index is 1.59. The van der Waals surface area contributed by atoms with Crippen molar-refractivity contribution in [2.75, 3.05) is 19.0 Å². The molecule has 0 saturated heterocycles. The van der Waals surface area contributed by atoms with Gasteiger partial charge in [-0.05, 0) is 44.2 Å². The van der Waals surface area contributed by atoms with E-state index >= 15 is 0 Å². The van der Waals surface area contributed by atoms with E-state index in [1.54, 1.807) is 30.3 Å². The second-order valence-corrected chi connectivity index (χ2v) is 7.99. The smallest absolute Gasteiger partial charge is 0.339 e. The number of carbonyl (C=O) groups is 2. The number of nitrogens with zero attached hydrogens (tertiary/aromatic N) is 1. The molecule has 0 aliphatic heterocycles. The summed E-state index contributed by atoms with van der Waals surface area (Å²) in [5.41, 5.74) is 2.67. The number of esters is 1. The maximum Gasteiger partial charge on any atom is 0.339 e. The number of amides is 1. The first kappa shape index (κ1) is 22.7. The average molecular weight is 461 g/mol. The maximum absolute atomic E-state index is 12.6. The van der Waals surface area contributed by atoms with Crippen molar-refractivity contribution >= 4 is 40.9 Å². The van der Waals surface area contributed by atoms with Crippen LogP contribution >= 0.6 is 23.4 Å². The zero-order valence-corrected chi connectivity index (χ0v) is 18.8. The maximum atomic E-state index is 12.6. The number of anilines is 1. The number of nitrogens with one attached hydrogen (secondary N) is 1. The standard InChI is InChI=1S/C22H21ClN2O5S/c1-13-17(14(2)30-25-13)12-31-20-7-5-4-6-16(20)22(27)29-11-21(26)24-15-8-9-19(28-3)18(23)10-15/h4-10H,11-12H2,1-3H3,(H,24,26). The van der Waals surface area contributed by atoms with Gasteiger partial charge in [-0.15, -0.1) is 11.8 Å². The lowest BCUT2D eigenvalue weighted by molar-refractivity contribution is -0.119. The van der Waals surface area contributed by atoms with Gasteiger partial charge in [0, 0.05) is 21.9 Å². The zero-order valence-electron chi connectivity index (χ0n) is 17.2. The van der Waals surface area contributed by atoms with Crippen LogP contribution in [0.25, 0.3) is 0 Å². The molecule has 0 aliphatic carbocycles. The van der Waals surface area contributed by atoms with Crippen molar-refractivity contribution < 1.29 is 23.6 Å². The van der Waals surface area contributed by atoms with Crippen molar-refractivity contribution in [1.82, 2.24) is 5.16 Å². The van der Waals surface area contributed by atoms with Gasteiger partial charge >= 0.3 is 5.97 Å². The van der Waals surface area contributed by atoms with Crippen molar-refractivity contribution in [3.63, 3.8) is 0 Å². The van der Waals surface area contributed by atoms with E-state index in [-0.39, 0.29) is 0 Å². The van der Waals surface area contributed by atoms with Crippen molar-refractivity contribution in [2.45, 2.75) is 24.5 Å². The number of methoxy groups -OCH3 is 1. The average Bonchev–Trinajstić information content (AvgIpc) is 3.08. The van der Waals surface area contributed by atoms with Crippen LogP contribution in [0, 0.1) is 13.8 Å². The molecule has 7 nitrogen and oxygen atoms in total. The molecule has 2 aromatic carbocycles. The lowest BCUT2D eigenvalue weighted by atomic mass is 10.2. The Morgan fingerprint density at radius 1 is 1.19 bits per heavy atom. The van der Waals surface area contributed by atoms with E-state index in [9.17, 15) is 9.59 Å². The summed E-state index contributed by atoms with van der Waals surface area (Å²) in [6.45, 7) is 3.30. The van der Waals surface area contributed by atoms with Crippen molar-refractivity contribution in [1.29, 1.82) is 0 Å². The van der Waals surface area contributed by atoms with Gasteiger partial charge in [0.25, 0.3) is 5.91 Å². The minimum absolute atomic E-state index is 0.363. The van der Waals surface area contributed by atoms with E-state index in [0.717, 1.165) is 21.9 Å². The van der Waals surface area contributed by atoms with Crippen LogP contribution in [0.2, 0.25) is 5.02 Å². The lowest BCUT2D eigenvalue weighted by Gasteiger charge is -2.10. The molecular formula is C22H21ClN2O5S. The molecule has 0 saturated carbocycles. The van der Waals surface area contributed by atoms with E-state index in [1.807, 2.05) is 26.0 Å². The van der Waals surface area contributed by atoms with Crippen LogP contribution in [0.5, 0.6) is 5.75 Å². The molecular weight excluding hydrogens is 440 g/mol. The minimum Gasteiger partial charge on any atom is -0.495 e. The van der Waals surface area contributed by atoms with Crippen LogP contribution in [0.15, 0.2) is 51.9 Å². The fourth-order valence-corrected chi connectivity index (χ4v) is 4.22. The number of thioether (sulfide) groups is 1. The monoisotopic (exact) mass is 460 g/mol. The number of hydrogen-bond donors (Lipinski definition) is 1. The number of carbonyl (C=O) groups excluding carboxylic acids is 2. The number of benzene rings is 2. The van der Waals surface area contributed by atoms with Crippen LogP contribution in [0.1, 0.15) is 27.4 Å². The van der Waals surface area contributed by atoms with Crippen molar-refractivity contribution in [3.8, 4) is 5.75 Å². The third-order valence-corrected chi connectivity index (χ3v) is 5.83. The SMILES string of the molecule is COc1ccc(NC(=O)COC(=O)c2ccccc2SCc2c(C)noc2C)cc1Cl. The molecule has 3 aromatic rings. The van der Waals surface area contributed by atoms with Crippen molar-refractivity contribution in [2.24, 2.45) is 0 Å². The molecule has 0 unspecified atom stereocenters. The molecule has 1 N–H and O–H groups in total. The molecule has 0 aliphatic rings. The van der Waals surface area contributed by atoms with E-state index in [2.05, 4.69) is 10.5 Å². The number of aromatic nitrogens is 1. The third kappa shape index (κ3) is 5.80. The highest BCUT2D eigenvalue weighted by molar-refractivity contribution is 7.98. The van der Waals surface area contributed by atoms with Crippen LogP contribution in [0.3, 0.4) is 0 Å². The molecule has 1 aromatic heterocycles. The Hall–Kier alpha value is -2.97. The van der Waals surface area contributed by atoms with Gasteiger partial charge in [0.2, 0.25) is 0 Å². The summed E-state index contributed by atoms with van der Waals surface area (Å²) in [6.07, 6.45) is 0. The predicted octanol–water partition coefficient (Wildman–Crippen LogP) is 5.04. The Morgan fingerprint density at radius 3 is 2.65 bits per heavy atom. The molecule has 0 radical (unpaired) electrons. The largest absolute Gasteiger partial charge is 0.495 e. The van der Waals surface area contributed by atoms with E-state index < -0.39 is 18.5 Å². The van der Waals surface area contributed by atoms with Crippen LogP contribution < -0.4 is 10.1 Å². The Kier molecular flexibility index (Phi) is 7.59. The molecule has 9 heteroatoms. The topological polar surface area (TPSA) is 90.7 Å². The van der Waals surface area contributed by atoms with E-state index in [1.165, 1.54) is 18.9 Å². The molecule has 0 atom stereocenters. The van der Waals surface area contributed by atoms with Gasteiger partial charge in [-0.25, -0.2) is 4.79 Å². The summed E-state index contributed by atoms with van der Waals surface area (Å²) in [5.74, 6) is 0.793. The number of hydrogen-bond acceptors (Lipinski definition) is 7. The summed E-state index contributed by atoms with van der Waals surface area (Å²) in [5, 5.41) is 6.94. The molecule has 0 spiro atoms. The van der Waals surface area contributed by atoms with E-state index in [4.69, 9.17) is 25.6 Å². The number of aryl methyl sites for hydroxylation is 2. The lowest BCUT2D eigenvalue weighted by Crippen LogP contribution is -2.21. The van der Waals surface area contributed by atoms with Crippen LogP contribution in [0.4, 0.5) is 5.69 Å². The molecule has 31 heavy (non-hydrogen) atoms. The first-order chi connectivity index (χ1) is 14.9. The number of ether oxygens (including phenoxy) is 2. The fraction of sp³-hybridized carbons (Fsp3) is 0.227. The second-order valence-electron chi connectivity index (χ2n) is 6.56. The Morgan fingerprint density at radius 2 is 1.97 bits per heavy atom. The Bertz CT molecular complexity index is 1080. The first-order valence-electron chi connectivity index (χ1n) is 9.33. The van der Waals surface area contributed by atoms with Gasteiger partial charge < -0.3 is 19.3 Å². The summed E-state index contributed by atoms with van der Waals surface area (Å²) < 4.78 is 15.5. The summed E-state index contributed by atoms with van der Waals surface area (Å²) in [6, 6.07) is 11.9. The molecule has 0 bridgehead atoms. The highest BCUT2D eigenvalue weighted by atomic mass is 35.5. The van der Waals surface area contributed by atoms with Gasteiger partial charge in [-0.2, -0.15) is 0 Å². The molecule has 162 valence electrons. The summed E-state index contributed by atoms with van der Waals surface area (Å²) in [7, 11) is 1.50. The van der Waals surface area contributed by atoms with Gasteiger partial charge in [-0.3, -0.25) is 4.79 Å². The van der Waals surface area contributed by atoms with Crippen molar-refractivity contribution in [3.05, 3.63) is 70.1 Å². The minimum atomic E-state index is -0.579. The predicted molar refractivity (Wildman–Crippen MR) is 119 cm³/mol. The molecule has 1 heterocycles. The Labute approximate surface area is 189 Å². The first-order valence-corrected chi connectivity index (χ1v) is 10.7. The van der Waals surface area contributed by atoms with Gasteiger partial charge in [0.1, 0.15) is 11.5 Å². The van der Waals surface area contributed by atoms with Crippen LogP contribution in [-0.2, 0) is 15.3 Å². The third-order valence-electron chi connectivity index (χ3n) is 4.43. The zero-order chi connectivity index (χ0) is 22.4. The summed E-state index contributed by atoms with van der Waals surface area (Å²) in [4.78, 5) is 25.5. The van der Waals surface area contributed by atoms with E-state index in [0.29, 0.717) is 27.8 Å². The quantitative estimate of drug-likeness (QED) is 0.372. The fourth-order valence-electron chi connectivity index (χ4n) is 2.77. The highest BCUT2D eigenvalue weighted by Crippen LogP contribution is 2.29. The molecule has 3 rings (SSSR count). The van der Waals surface area contributed by atoms with Gasteiger partial charge in [0.05, 0.1) is 23.4 Å². The second kappa shape index (κ2) is 10.4. The van der Waals surface area contributed by atoms with Gasteiger partial charge in [0.15, 0.2) is 6.61 Å². The summed E-state index contributed by atoms with van der Waals surface area (Å²) >= 11 is 7.53. The molecule has 1 amide bonds. The highest BCUT2D eigenvalue weighted by Gasteiger charge is 2.17. The normalized spacial score (nSPS) is 10.6. The van der Waals surface area contributed by atoms with Crippen LogP contribution in [-0.4, -0.2) is 30.7 Å². The number of halogens is 1. The van der Waals surface area contributed by atoms with Gasteiger partial charge in [-0.1, -0.05) is 28.9 Å². The molecule has 0 fully saturated rings. The number of rotatable bonds is 8.